The van der Waals surface area contributed by atoms with Crippen LogP contribution in [0.15, 0.2) is 18.1 Å². The summed E-state index contributed by atoms with van der Waals surface area (Å²) in [5, 5.41) is 0. The van der Waals surface area contributed by atoms with E-state index in [0.29, 0.717) is 5.92 Å². The summed E-state index contributed by atoms with van der Waals surface area (Å²) in [4.78, 5) is 10.5. The van der Waals surface area contributed by atoms with E-state index in [1.54, 1.807) is 0 Å². The van der Waals surface area contributed by atoms with E-state index in [1.807, 2.05) is 0 Å². The van der Waals surface area contributed by atoms with Crippen molar-refractivity contribution in [3.63, 3.8) is 0 Å². The number of hydrogen-bond acceptors (Lipinski definition) is 2. The highest BCUT2D eigenvalue weighted by molar-refractivity contribution is 5.66. The molecule has 2 aliphatic carbocycles. The fourth-order valence-electron chi connectivity index (χ4n) is 2.78. The van der Waals surface area contributed by atoms with Gasteiger partial charge in [0.2, 0.25) is 0 Å². The summed E-state index contributed by atoms with van der Waals surface area (Å²) in [7, 11) is 0. The summed E-state index contributed by atoms with van der Waals surface area (Å²) in [6, 6.07) is 0. The average Bonchev–Trinajstić information content (AvgIpc) is 2.73. The van der Waals surface area contributed by atoms with E-state index in [-0.39, 0.29) is 5.97 Å². The fraction of sp³-hybridized carbons (Fsp3) is 0.667. The van der Waals surface area contributed by atoms with Gasteiger partial charge in [-0.2, -0.15) is 0 Å². The van der Waals surface area contributed by atoms with Crippen molar-refractivity contribution in [2.45, 2.75) is 32.6 Å². The number of allylic oxidation sites excluding steroid dienone is 1. The minimum absolute atomic E-state index is 0.279. The van der Waals surface area contributed by atoms with Crippen LogP contribution in [-0.2, 0) is 9.53 Å². The highest BCUT2D eigenvalue weighted by atomic mass is 16.5. The number of fused-ring (bicyclic) bond motifs is 2. The van der Waals surface area contributed by atoms with Gasteiger partial charge in [0.05, 0.1) is 0 Å². The van der Waals surface area contributed by atoms with Gasteiger partial charge in [-0.15, -0.1) is 0 Å². The molecule has 0 radical (unpaired) electrons. The number of ether oxygens (including phenoxy) is 1. The van der Waals surface area contributed by atoms with E-state index >= 15 is 0 Å². The first-order chi connectivity index (χ1) is 6.75. The first-order valence-electron chi connectivity index (χ1n) is 5.34. The predicted molar refractivity (Wildman–Crippen MR) is 53.4 cm³/mol. The Labute approximate surface area is 84.6 Å². The van der Waals surface area contributed by atoms with Gasteiger partial charge in [-0.3, -0.25) is 4.79 Å². The molecule has 3 unspecified atom stereocenters. The molecule has 2 rings (SSSR count). The van der Waals surface area contributed by atoms with Crippen molar-refractivity contribution in [2.75, 3.05) is 0 Å². The maximum Gasteiger partial charge on any atom is 0.308 e. The number of carbonyl (C=O) groups is 1. The number of esters is 1. The molecule has 2 bridgehead atoms. The largest absolute Gasteiger partial charge is 0.426 e. The summed E-state index contributed by atoms with van der Waals surface area (Å²) in [6.07, 6.45) is 8.95. The van der Waals surface area contributed by atoms with Crippen molar-refractivity contribution in [1.82, 2.24) is 0 Å². The second-order valence-electron chi connectivity index (χ2n) is 4.40. The lowest BCUT2D eigenvalue weighted by molar-refractivity contribution is -0.135. The van der Waals surface area contributed by atoms with Crippen molar-refractivity contribution in [1.29, 1.82) is 0 Å². The van der Waals surface area contributed by atoms with Crippen LogP contribution in [0, 0.1) is 17.8 Å². The summed E-state index contributed by atoms with van der Waals surface area (Å²) in [6.45, 7) is 1.40. The van der Waals surface area contributed by atoms with Gasteiger partial charge in [0, 0.05) is 6.92 Å². The Morgan fingerprint density at radius 2 is 2.29 bits per heavy atom. The number of hydrogen-bond donors (Lipinski definition) is 0. The Bertz CT molecular complexity index is 287. The van der Waals surface area contributed by atoms with Gasteiger partial charge in [-0.05, 0) is 43.1 Å². The van der Waals surface area contributed by atoms with E-state index in [9.17, 15) is 4.79 Å². The molecule has 0 N–H and O–H groups in total. The summed E-state index contributed by atoms with van der Waals surface area (Å²) < 4.78 is 4.68. The number of rotatable bonds is 2. The molecule has 0 saturated heterocycles. The lowest BCUT2D eigenvalue weighted by Gasteiger charge is -2.16. The van der Waals surface area contributed by atoms with Crippen molar-refractivity contribution in [2.24, 2.45) is 17.8 Å². The first kappa shape index (κ1) is 9.54. The fourth-order valence-corrected chi connectivity index (χ4v) is 2.78. The van der Waals surface area contributed by atoms with Crippen LogP contribution >= 0.6 is 0 Å². The smallest absolute Gasteiger partial charge is 0.308 e. The van der Waals surface area contributed by atoms with Gasteiger partial charge in [0.25, 0.3) is 0 Å². The maximum atomic E-state index is 10.5. The molecule has 14 heavy (non-hydrogen) atoms. The second-order valence-corrected chi connectivity index (χ2v) is 4.40. The Morgan fingerprint density at radius 3 is 2.86 bits per heavy atom. The molecule has 2 saturated carbocycles. The zero-order chi connectivity index (χ0) is 9.97. The van der Waals surface area contributed by atoms with Crippen LogP contribution in [0.2, 0.25) is 0 Å². The highest BCUT2D eigenvalue weighted by Crippen LogP contribution is 2.48. The van der Waals surface area contributed by atoms with Gasteiger partial charge in [0.1, 0.15) is 6.26 Å². The van der Waals surface area contributed by atoms with Crippen molar-refractivity contribution in [3.8, 4) is 0 Å². The molecule has 2 nitrogen and oxygen atoms in total. The van der Waals surface area contributed by atoms with Crippen molar-refractivity contribution in [3.05, 3.63) is 18.1 Å². The molecule has 2 aliphatic rings. The molecule has 0 heterocycles. The van der Waals surface area contributed by atoms with Gasteiger partial charge in [-0.1, -0.05) is 12.2 Å². The quantitative estimate of drug-likeness (QED) is 0.382. The molecule has 0 spiro atoms. The molecule has 0 aromatic rings. The van der Waals surface area contributed by atoms with Gasteiger partial charge in [0.15, 0.2) is 0 Å². The normalized spacial score (nSPS) is 33.6. The third-order valence-corrected chi connectivity index (χ3v) is 3.40. The predicted octanol–water partition coefficient (Wildman–Crippen LogP) is 2.65. The molecule has 0 aliphatic heterocycles. The Kier molecular flexibility index (Phi) is 2.74. The zero-order valence-electron chi connectivity index (χ0n) is 8.53. The van der Waals surface area contributed by atoms with Gasteiger partial charge in [-0.25, -0.2) is 0 Å². The molecule has 76 valence electrons. The van der Waals surface area contributed by atoms with Crippen LogP contribution in [0.4, 0.5) is 0 Å². The maximum absolute atomic E-state index is 10.5. The van der Waals surface area contributed by atoms with Gasteiger partial charge >= 0.3 is 5.97 Å². The zero-order valence-corrected chi connectivity index (χ0v) is 8.53. The third kappa shape index (κ3) is 2.08. The number of carbonyl (C=O) groups excluding carboxylic acids is 1. The standard InChI is InChI=1S/C12H16O2/c1-9(13)14-6-2-3-11-7-10-4-5-12(11)8-10/h3,6,10-12H,4-5,7-8H2,1H3. The van der Waals surface area contributed by atoms with E-state index in [1.165, 1.54) is 38.9 Å². The minimum Gasteiger partial charge on any atom is -0.426 e. The van der Waals surface area contributed by atoms with Crippen molar-refractivity contribution < 1.29 is 9.53 Å². The topological polar surface area (TPSA) is 26.3 Å². The molecule has 2 fully saturated rings. The molecule has 3 atom stereocenters. The van der Waals surface area contributed by atoms with E-state index < -0.39 is 0 Å². The van der Waals surface area contributed by atoms with Crippen LogP contribution in [-0.4, -0.2) is 5.97 Å². The summed E-state index contributed by atoms with van der Waals surface area (Å²) in [5.74, 6) is 2.23. The lowest BCUT2D eigenvalue weighted by Crippen LogP contribution is -2.06. The summed E-state index contributed by atoms with van der Waals surface area (Å²) in [5.41, 5.74) is 2.95. The SMILES string of the molecule is CC(=O)OC=C=CC1CC2CCC1C2. The Morgan fingerprint density at radius 1 is 1.43 bits per heavy atom. The average molecular weight is 192 g/mol. The van der Waals surface area contributed by atoms with Crippen molar-refractivity contribution >= 4 is 5.97 Å². The second kappa shape index (κ2) is 4.02. The summed E-state index contributed by atoms with van der Waals surface area (Å²) >= 11 is 0. The highest BCUT2D eigenvalue weighted by Gasteiger charge is 2.37. The van der Waals surface area contributed by atoms with Crippen LogP contribution in [0.1, 0.15) is 32.6 Å². The van der Waals surface area contributed by atoms with Gasteiger partial charge < -0.3 is 4.74 Å². The molecule has 0 aromatic carbocycles. The Balaban J connectivity index is 1.86. The Hall–Kier alpha value is -1.01. The lowest BCUT2D eigenvalue weighted by atomic mass is 9.89. The van der Waals surface area contributed by atoms with Crippen LogP contribution in [0.5, 0.6) is 0 Å². The van der Waals surface area contributed by atoms with E-state index in [4.69, 9.17) is 0 Å². The molecule has 0 amide bonds. The van der Waals surface area contributed by atoms with Crippen LogP contribution < -0.4 is 0 Å². The van der Waals surface area contributed by atoms with E-state index in [0.717, 1.165) is 11.8 Å². The van der Waals surface area contributed by atoms with Crippen LogP contribution in [0.25, 0.3) is 0 Å². The molecular formula is C12H16O2. The van der Waals surface area contributed by atoms with Crippen LogP contribution in [0.3, 0.4) is 0 Å². The molecule has 0 aromatic heterocycles. The molecular weight excluding hydrogens is 176 g/mol. The monoisotopic (exact) mass is 192 g/mol. The third-order valence-electron chi connectivity index (χ3n) is 3.40. The molecule has 2 heteroatoms. The minimum atomic E-state index is -0.279. The first-order valence-corrected chi connectivity index (χ1v) is 5.34. The van der Waals surface area contributed by atoms with E-state index in [2.05, 4.69) is 16.5 Å².